The van der Waals surface area contributed by atoms with E-state index in [1.807, 2.05) is 18.2 Å². The summed E-state index contributed by atoms with van der Waals surface area (Å²) in [5.74, 6) is 1.21. The molecule has 21 heavy (non-hydrogen) atoms. The smallest absolute Gasteiger partial charge is 0.179 e. The number of hydrogen-bond donors (Lipinski definition) is 1. The molecule has 4 heteroatoms. The second-order valence-electron chi connectivity index (χ2n) is 4.68. The van der Waals surface area contributed by atoms with Crippen molar-refractivity contribution in [1.29, 1.82) is 0 Å². The molecule has 0 aliphatic rings. The number of para-hydroxylation sites is 1. The molecular weight excluding hydrogens is 286 g/mol. The summed E-state index contributed by atoms with van der Waals surface area (Å²) in [5, 5.41) is 3.99. The largest absolute Gasteiger partial charge is 0.493 e. The third-order valence-electron chi connectivity index (χ3n) is 3.37. The highest BCUT2D eigenvalue weighted by Gasteiger charge is 2.11. The van der Waals surface area contributed by atoms with E-state index in [-0.39, 0.29) is 0 Å². The van der Waals surface area contributed by atoms with E-state index in [0.717, 1.165) is 17.7 Å². The number of nitrogens with one attached hydrogen (secondary N) is 1. The lowest BCUT2D eigenvalue weighted by Gasteiger charge is -2.14. The molecule has 0 spiro atoms. The molecule has 112 valence electrons. The maximum atomic E-state index is 6.22. The van der Waals surface area contributed by atoms with Gasteiger partial charge in [-0.15, -0.1) is 0 Å². The SMILES string of the molecule is CCc1ccccc1NCc1cc(Cl)c(OC)c(OC)c1. The Morgan fingerprint density at radius 1 is 1.10 bits per heavy atom. The number of anilines is 1. The van der Waals surface area contributed by atoms with E-state index >= 15 is 0 Å². The van der Waals surface area contributed by atoms with Crippen LogP contribution in [0.1, 0.15) is 18.1 Å². The van der Waals surface area contributed by atoms with Crippen molar-refractivity contribution in [2.75, 3.05) is 19.5 Å². The molecule has 2 aromatic rings. The van der Waals surface area contributed by atoms with Crippen molar-refractivity contribution in [3.8, 4) is 11.5 Å². The molecule has 3 nitrogen and oxygen atoms in total. The van der Waals surface area contributed by atoms with Gasteiger partial charge in [-0.2, -0.15) is 0 Å². The van der Waals surface area contributed by atoms with Crippen molar-refractivity contribution in [3.05, 3.63) is 52.5 Å². The predicted molar refractivity (Wildman–Crippen MR) is 87.7 cm³/mol. The zero-order chi connectivity index (χ0) is 15.2. The van der Waals surface area contributed by atoms with E-state index in [4.69, 9.17) is 21.1 Å². The minimum Gasteiger partial charge on any atom is -0.493 e. The molecule has 0 bridgehead atoms. The summed E-state index contributed by atoms with van der Waals surface area (Å²) in [5.41, 5.74) is 3.48. The molecule has 0 unspecified atom stereocenters. The van der Waals surface area contributed by atoms with Crippen LogP contribution in [0.3, 0.4) is 0 Å². The molecule has 0 saturated heterocycles. The number of methoxy groups -OCH3 is 2. The molecule has 0 atom stereocenters. The van der Waals surface area contributed by atoms with E-state index in [2.05, 4.69) is 30.4 Å². The molecule has 0 amide bonds. The monoisotopic (exact) mass is 305 g/mol. The number of rotatable bonds is 6. The van der Waals surface area contributed by atoms with Crippen LogP contribution in [0.4, 0.5) is 5.69 Å². The fraction of sp³-hybridized carbons (Fsp3) is 0.294. The lowest BCUT2D eigenvalue weighted by molar-refractivity contribution is 0.355. The van der Waals surface area contributed by atoms with E-state index in [9.17, 15) is 0 Å². The molecule has 2 rings (SSSR count). The maximum absolute atomic E-state index is 6.22. The number of ether oxygens (including phenoxy) is 2. The zero-order valence-corrected chi connectivity index (χ0v) is 13.3. The first-order valence-electron chi connectivity index (χ1n) is 6.91. The van der Waals surface area contributed by atoms with Gasteiger partial charge in [0.1, 0.15) is 0 Å². The van der Waals surface area contributed by atoms with Gasteiger partial charge in [0.25, 0.3) is 0 Å². The first-order valence-corrected chi connectivity index (χ1v) is 7.29. The first kappa shape index (κ1) is 15.5. The van der Waals surface area contributed by atoms with Gasteiger partial charge in [-0.1, -0.05) is 36.7 Å². The van der Waals surface area contributed by atoms with Gasteiger partial charge in [0.05, 0.1) is 19.2 Å². The van der Waals surface area contributed by atoms with Crippen LogP contribution in [0.25, 0.3) is 0 Å². The van der Waals surface area contributed by atoms with Gasteiger partial charge >= 0.3 is 0 Å². The Morgan fingerprint density at radius 2 is 1.86 bits per heavy atom. The molecule has 2 aromatic carbocycles. The molecule has 0 fully saturated rings. The Bertz CT molecular complexity index is 614. The zero-order valence-electron chi connectivity index (χ0n) is 12.6. The molecule has 0 heterocycles. The van der Waals surface area contributed by atoms with E-state index in [0.29, 0.717) is 23.1 Å². The Hall–Kier alpha value is -1.87. The van der Waals surface area contributed by atoms with Crippen LogP contribution in [0.15, 0.2) is 36.4 Å². The first-order chi connectivity index (χ1) is 10.2. The van der Waals surface area contributed by atoms with Crippen molar-refractivity contribution < 1.29 is 9.47 Å². The molecule has 1 N–H and O–H groups in total. The summed E-state index contributed by atoms with van der Waals surface area (Å²) in [4.78, 5) is 0. The van der Waals surface area contributed by atoms with Gasteiger partial charge in [-0.05, 0) is 35.7 Å². The topological polar surface area (TPSA) is 30.5 Å². The van der Waals surface area contributed by atoms with E-state index < -0.39 is 0 Å². The van der Waals surface area contributed by atoms with Crippen LogP contribution in [-0.2, 0) is 13.0 Å². The van der Waals surface area contributed by atoms with Crippen molar-refractivity contribution >= 4 is 17.3 Å². The second kappa shape index (κ2) is 7.23. The van der Waals surface area contributed by atoms with Crippen LogP contribution in [-0.4, -0.2) is 14.2 Å². The fourth-order valence-corrected chi connectivity index (χ4v) is 2.58. The summed E-state index contributed by atoms with van der Waals surface area (Å²) in [6, 6.07) is 12.1. The van der Waals surface area contributed by atoms with E-state index in [1.54, 1.807) is 14.2 Å². The number of halogens is 1. The van der Waals surface area contributed by atoms with Crippen LogP contribution in [0, 0.1) is 0 Å². The third-order valence-corrected chi connectivity index (χ3v) is 3.66. The lowest BCUT2D eigenvalue weighted by Crippen LogP contribution is -2.03. The van der Waals surface area contributed by atoms with Gasteiger partial charge in [0.15, 0.2) is 11.5 Å². The van der Waals surface area contributed by atoms with Gasteiger partial charge < -0.3 is 14.8 Å². The minimum absolute atomic E-state index is 0.553. The summed E-state index contributed by atoms with van der Waals surface area (Å²) < 4.78 is 10.6. The summed E-state index contributed by atoms with van der Waals surface area (Å²) in [6.45, 7) is 2.82. The summed E-state index contributed by atoms with van der Waals surface area (Å²) >= 11 is 6.22. The van der Waals surface area contributed by atoms with Crippen LogP contribution in [0.2, 0.25) is 5.02 Å². The molecule has 0 aliphatic carbocycles. The Morgan fingerprint density at radius 3 is 2.52 bits per heavy atom. The standard InChI is InChI=1S/C17H20ClNO2/c1-4-13-7-5-6-8-15(13)19-11-12-9-14(18)17(21-3)16(10-12)20-2/h5-10,19H,4,11H2,1-3H3. The predicted octanol–water partition coefficient (Wildman–Crippen LogP) is 4.53. The Kier molecular flexibility index (Phi) is 5.34. The minimum atomic E-state index is 0.553. The highest BCUT2D eigenvalue weighted by Crippen LogP contribution is 2.36. The Labute approximate surface area is 130 Å². The van der Waals surface area contributed by atoms with Crippen LogP contribution in [0.5, 0.6) is 11.5 Å². The highest BCUT2D eigenvalue weighted by atomic mass is 35.5. The number of aryl methyl sites for hydroxylation is 1. The maximum Gasteiger partial charge on any atom is 0.179 e. The second-order valence-corrected chi connectivity index (χ2v) is 5.08. The molecule has 0 saturated carbocycles. The van der Waals surface area contributed by atoms with Crippen molar-refractivity contribution in [3.63, 3.8) is 0 Å². The summed E-state index contributed by atoms with van der Waals surface area (Å²) in [6.07, 6.45) is 0.996. The van der Waals surface area contributed by atoms with Crippen molar-refractivity contribution in [2.45, 2.75) is 19.9 Å². The number of benzene rings is 2. The van der Waals surface area contributed by atoms with Crippen LogP contribution >= 0.6 is 11.6 Å². The van der Waals surface area contributed by atoms with Crippen LogP contribution < -0.4 is 14.8 Å². The van der Waals surface area contributed by atoms with Crippen molar-refractivity contribution in [2.24, 2.45) is 0 Å². The molecular formula is C17H20ClNO2. The fourth-order valence-electron chi connectivity index (χ4n) is 2.27. The highest BCUT2D eigenvalue weighted by molar-refractivity contribution is 6.32. The Balaban J connectivity index is 2.18. The van der Waals surface area contributed by atoms with Crippen molar-refractivity contribution in [1.82, 2.24) is 0 Å². The summed E-state index contributed by atoms with van der Waals surface area (Å²) in [7, 11) is 3.19. The van der Waals surface area contributed by atoms with E-state index in [1.165, 1.54) is 5.56 Å². The van der Waals surface area contributed by atoms with Gasteiger partial charge in [0, 0.05) is 12.2 Å². The quantitative estimate of drug-likeness (QED) is 0.850. The molecule has 0 radical (unpaired) electrons. The number of hydrogen-bond acceptors (Lipinski definition) is 3. The average Bonchev–Trinajstić information content (AvgIpc) is 2.52. The van der Waals surface area contributed by atoms with Gasteiger partial charge in [0.2, 0.25) is 0 Å². The lowest BCUT2D eigenvalue weighted by atomic mass is 10.1. The van der Waals surface area contributed by atoms with Gasteiger partial charge in [-0.25, -0.2) is 0 Å². The average molecular weight is 306 g/mol. The van der Waals surface area contributed by atoms with Gasteiger partial charge in [-0.3, -0.25) is 0 Å². The molecule has 0 aliphatic heterocycles. The normalized spacial score (nSPS) is 10.3. The third kappa shape index (κ3) is 3.61. The molecule has 0 aromatic heterocycles.